The van der Waals surface area contributed by atoms with E-state index < -0.39 is 0 Å². The molecule has 1 unspecified atom stereocenters. The van der Waals surface area contributed by atoms with Crippen LogP contribution in [-0.4, -0.2) is 25.2 Å². The van der Waals surface area contributed by atoms with Crippen molar-refractivity contribution >= 4 is 11.6 Å². The maximum Gasteiger partial charge on any atom is 0.258 e. The Labute approximate surface area is 125 Å². The Morgan fingerprint density at radius 2 is 1.71 bits per heavy atom. The average molecular weight is 281 g/mol. The molecule has 0 radical (unpaired) electrons. The number of rotatable bonds is 4. The van der Waals surface area contributed by atoms with Gasteiger partial charge in [0.15, 0.2) is 0 Å². The third-order valence-electron chi connectivity index (χ3n) is 3.74. The van der Waals surface area contributed by atoms with Crippen LogP contribution in [0.1, 0.15) is 23.2 Å². The van der Waals surface area contributed by atoms with Crippen molar-refractivity contribution in [3.05, 3.63) is 66.2 Å². The van der Waals surface area contributed by atoms with E-state index in [2.05, 4.69) is 0 Å². The van der Waals surface area contributed by atoms with Gasteiger partial charge in [-0.05, 0) is 37.1 Å². The van der Waals surface area contributed by atoms with E-state index in [-0.39, 0.29) is 12.0 Å². The average Bonchev–Trinajstić information content (AvgIpc) is 3.07. The molecule has 3 heteroatoms. The van der Waals surface area contributed by atoms with E-state index >= 15 is 0 Å². The normalized spacial score (nSPS) is 17.6. The highest BCUT2D eigenvalue weighted by molar-refractivity contribution is 6.06. The largest absolute Gasteiger partial charge is 0.376 e. The van der Waals surface area contributed by atoms with Crippen molar-refractivity contribution < 1.29 is 9.53 Å². The number of hydrogen-bond acceptors (Lipinski definition) is 2. The molecule has 3 rings (SSSR count). The van der Waals surface area contributed by atoms with Crippen LogP contribution in [0.3, 0.4) is 0 Å². The molecule has 0 aromatic heterocycles. The molecule has 1 aliphatic heterocycles. The fourth-order valence-electron chi connectivity index (χ4n) is 2.64. The lowest BCUT2D eigenvalue weighted by Crippen LogP contribution is -2.37. The van der Waals surface area contributed by atoms with Gasteiger partial charge in [0.25, 0.3) is 5.91 Å². The third kappa shape index (κ3) is 3.31. The molecular weight excluding hydrogens is 262 g/mol. The standard InChI is InChI=1S/C18H19NO2/c20-18(15-8-3-1-4-9-15)19(14-17-12-7-13-21-17)16-10-5-2-6-11-16/h1-6,8-11,17H,7,12-14H2. The Balaban J connectivity index is 1.86. The van der Waals surface area contributed by atoms with Gasteiger partial charge in [0.05, 0.1) is 12.6 Å². The SMILES string of the molecule is O=C(c1ccccc1)N(CC1CCCO1)c1ccccc1. The molecule has 108 valence electrons. The van der Waals surface area contributed by atoms with Crippen LogP contribution in [0.5, 0.6) is 0 Å². The minimum atomic E-state index is 0.0253. The second kappa shape index (κ2) is 6.55. The number of anilines is 1. The van der Waals surface area contributed by atoms with Gasteiger partial charge in [-0.3, -0.25) is 4.79 Å². The van der Waals surface area contributed by atoms with Crippen molar-refractivity contribution in [2.45, 2.75) is 18.9 Å². The first-order chi connectivity index (χ1) is 10.3. The molecule has 21 heavy (non-hydrogen) atoms. The zero-order valence-corrected chi connectivity index (χ0v) is 11.9. The maximum atomic E-state index is 12.8. The molecule has 1 aliphatic rings. The molecule has 0 spiro atoms. The van der Waals surface area contributed by atoms with E-state index in [1.807, 2.05) is 65.6 Å². The molecule has 0 saturated carbocycles. The van der Waals surface area contributed by atoms with E-state index in [1.54, 1.807) is 0 Å². The number of benzene rings is 2. The summed E-state index contributed by atoms with van der Waals surface area (Å²) in [5.41, 5.74) is 1.63. The fourth-order valence-corrected chi connectivity index (χ4v) is 2.64. The Morgan fingerprint density at radius 1 is 1.05 bits per heavy atom. The third-order valence-corrected chi connectivity index (χ3v) is 3.74. The molecule has 1 atom stereocenters. The zero-order valence-electron chi connectivity index (χ0n) is 11.9. The number of carbonyl (C=O) groups is 1. The van der Waals surface area contributed by atoms with E-state index in [9.17, 15) is 4.79 Å². The maximum absolute atomic E-state index is 12.8. The predicted molar refractivity (Wildman–Crippen MR) is 83.5 cm³/mol. The summed E-state index contributed by atoms with van der Waals surface area (Å²) in [6.45, 7) is 1.41. The van der Waals surface area contributed by atoms with Crippen LogP contribution in [-0.2, 0) is 4.74 Å². The summed E-state index contributed by atoms with van der Waals surface area (Å²) in [6, 6.07) is 19.2. The number of ether oxygens (including phenoxy) is 1. The van der Waals surface area contributed by atoms with Crippen LogP contribution < -0.4 is 4.90 Å². The lowest BCUT2D eigenvalue weighted by molar-refractivity contribution is 0.0917. The van der Waals surface area contributed by atoms with Crippen LogP contribution >= 0.6 is 0 Å². The molecule has 1 saturated heterocycles. The number of para-hydroxylation sites is 1. The van der Waals surface area contributed by atoms with Gasteiger partial charge in [-0.1, -0.05) is 36.4 Å². The van der Waals surface area contributed by atoms with Crippen LogP contribution in [0.4, 0.5) is 5.69 Å². The molecule has 2 aromatic rings. The molecule has 0 aliphatic carbocycles. The van der Waals surface area contributed by atoms with E-state index in [4.69, 9.17) is 4.74 Å². The van der Waals surface area contributed by atoms with Gasteiger partial charge in [0, 0.05) is 17.9 Å². The van der Waals surface area contributed by atoms with E-state index in [0.29, 0.717) is 12.1 Å². The molecule has 1 fully saturated rings. The summed E-state index contributed by atoms with van der Waals surface area (Å²) in [5, 5.41) is 0. The highest BCUT2D eigenvalue weighted by Crippen LogP contribution is 2.21. The van der Waals surface area contributed by atoms with Crippen molar-refractivity contribution in [3.63, 3.8) is 0 Å². The summed E-state index contributed by atoms with van der Waals surface area (Å²) in [4.78, 5) is 14.6. The van der Waals surface area contributed by atoms with Crippen molar-refractivity contribution in [2.24, 2.45) is 0 Å². The molecule has 2 aromatic carbocycles. The Bertz CT molecular complexity index is 577. The van der Waals surface area contributed by atoms with Crippen molar-refractivity contribution in [1.29, 1.82) is 0 Å². The first-order valence-corrected chi connectivity index (χ1v) is 7.38. The van der Waals surface area contributed by atoms with Gasteiger partial charge in [0.1, 0.15) is 0 Å². The molecule has 0 bridgehead atoms. The fraction of sp³-hybridized carbons (Fsp3) is 0.278. The number of amides is 1. The van der Waals surface area contributed by atoms with Crippen LogP contribution in [0, 0.1) is 0 Å². The van der Waals surface area contributed by atoms with Crippen molar-refractivity contribution in [3.8, 4) is 0 Å². The van der Waals surface area contributed by atoms with E-state index in [0.717, 1.165) is 25.1 Å². The summed E-state index contributed by atoms with van der Waals surface area (Å²) in [6.07, 6.45) is 2.23. The number of nitrogens with zero attached hydrogens (tertiary/aromatic N) is 1. The van der Waals surface area contributed by atoms with Crippen LogP contribution in [0.15, 0.2) is 60.7 Å². The summed E-state index contributed by atoms with van der Waals surface area (Å²) >= 11 is 0. The Hall–Kier alpha value is -2.13. The lowest BCUT2D eigenvalue weighted by Gasteiger charge is -2.25. The second-order valence-corrected chi connectivity index (χ2v) is 5.25. The zero-order chi connectivity index (χ0) is 14.5. The van der Waals surface area contributed by atoms with Gasteiger partial charge in [-0.25, -0.2) is 0 Å². The van der Waals surface area contributed by atoms with Gasteiger partial charge >= 0.3 is 0 Å². The number of hydrogen-bond donors (Lipinski definition) is 0. The minimum absolute atomic E-state index is 0.0253. The summed E-state index contributed by atoms with van der Waals surface area (Å²) in [5.74, 6) is 0.0253. The van der Waals surface area contributed by atoms with E-state index in [1.165, 1.54) is 0 Å². The molecule has 3 nitrogen and oxygen atoms in total. The predicted octanol–water partition coefficient (Wildman–Crippen LogP) is 3.51. The van der Waals surface area contributed by atoms with Crippen LogP contribution in [0.25, 0.3) is 0 Å². The second-order valence-electron chi connectivity index (χ2n) is 5.25. The Kier molecular flexibility index (Phi) is 4.31. The van der Waals surface area contributed by atoms with Gasteiger partial charge in [-0.2, -0.15) is 0 Å². The molecular formula is C18H19NO2. The first kappa shape index (κ1) is 13.8. The van der Waals surface area contributed by atoms with Gasteiger partial charge in [0.2, 0.25) is 0 Å². The minimum Gasteiger partial charge on any atom is -0.376 e. The summed E-state index contributed by atoms with van der Waals surface area (Å²) in [7, 11) is 0. The van der Waals surface area contributed by atoms with Crippen LogP contribution in [0.2, 0.25) is 0 Å². The number of carbonyl (C=O) groups excluding carboxylic acids is 1. The summed E-state index contributed by atoms with van der Waals surface area (Å²) < 4.78 is 5.70. The monoisotopic (exact) mass is 281 g/mol. The topological polar surface area (TPSA) is 29.5 Å². The highest BCUT2D eigenvalue weighted by atomic mass is 16.5. The smallest absolute Gasteiger partial charge is 0.258 e. The van der Waals surface area contributed by atoms with Crippen molar-refractivity contribution in [2.75, 3.05) is 18.1 Å². The van der Waals surface area contributed by atoms with Gasteiger partial charge in [-0.15, -0.1) is 0 Å². The lowest BCUT2D eigenvalue weighted by atomic mass is 10.1. The Morgan fingerprint density at radius 3 is 2.33 bits per heavy atom. The molecule has 1 amide bonds. The van der Waals surface area contributed by atoms with Gasteiger partial charge < -0.3 is 9.64 Å². The van der Waals surface area contributed by atoms with Crippen molar-refractivity contribution in [1.82, 2.24) is 0 Å². The molecule has 0 N–H and O–H groups in total. The highest BCUT2D eigenvalue weighted by Gasteiger charge is 2.24. The quantitative estimate of drug-likeness (QED) is 0.858. The first-order valence-electron chi connectivity index (χ1n) is 7.38. The molecule has 1 heterocycles.